The number of hydrogen-bond donors (Lipinski definition) is 1. The van der Waals surface area contributed by atoms with Gasteiger partial charge in [0.05, 0.1) is 10.5 Å². The van der Waals surface area contributed by atoms with E-state index in [1.165, 1.54) is 0 Å². The Bertz CT molecular complexity index is 300. The molecule has 0 atom stereocenters. The van der Waals surface area contributed by atoms with Crippen molar-refractivity contribution in [3.63, 3.8) is 0 Å². The van der Waals surface area contributed by atoms with Gasteiger partial charge in [-0.2, -0.15) is 0 Å². The predicted octanol–water partition coefficient (Wildman–Crippen LogP) is 0.968. The summed E-state index contributed by atoms with van der Waals surface area (Å²) < 4.78 is 28.3. The topological polar surface area (TPSA) is 55.4 Å². The lowest BCUT2D eigenvalue weighted by molar-refractivity contribution is 0.0785. The zero-order valence-electron chi connectivity index (χ0n) is 10.5. The Kier molecular flexibility index (Phi) is 4.76. The first-order chi connectivity index (χ1) is 7.33. The highest BCUT2D eigenvalue weighted by Gasteiger charge is 2.28. The van der Waals surface area contributed by atoms with Gasteiger partial charge in [0.1, 0.15) is 0 Å². The van der Waals surface area contributed by atoms with E-state index in [4.69, 9.17) is 4.74 Å². The third-order valence-electron chi connectivity index (χ3n) is 2.96. The lowest BCUT2D eigenvalue weighted by Gasteiger charge is -2.24. The molecule has 1 rings (SSSR count). The number of rotatable bonds is 4. The standard InChI is InChI=1S/C11H23NO3S/c1-11(2,3)16(13,14)9-6-12-10-4-7-15-8-5-10/h10,12H,4-9H2,1-3H3. The number of hydrogen-bond acceptors (Lipinski definition) is 4. The van der Waals surface area contributed by atoms with Crippen LogP contribution in [0.1, 0.15) is 33.6 Å². The van der Waals surface area contributed by atoms with Crippen molar-refractivity contribution in [2.75, 3.05) is 25.5 Å². The van der Waals surface area contributed by atoms with Crippen molar-refractivity contribution >= 4 is 9.84 Å². The van der Waals surface area contributed by atoms with Crippen molar-refractivity contribution in [3.05, 3.63) is 0 Å². The molecule has 0 aromatic rings. The molecule has 1 aliphatic heterocycles. The molecular formula is C11H23NO3S. The van der Waals surface area contributed by atoms with Crippen molar-refractivity contribution in [1.29, 1.82) is 0 Å². The van der Waals surface area contributed by atoms with E-state index >= 15 is 0 Å². The van der Waals surface area contributed by atoms with Crippen LogP contribution in [-0.4, -0.2) is 44.7 Å². The van der Waals surface area contributed by atoms with Crippen LogP contribution in [0.15, 0.2) is 0 Å². The lowest BCUT2D eigenvalue weighted by Crippen LogP contribution is -2.40. The molecule has 0 aromatic carbocycles. The van der Waals surface area contributed by atoms with Crippen LogP contribution in [0, 0.1) is 0 Å². The number of nitrogens with one attached hydrogen (secondary N) is 1. The minimum atomic E-state index is -2.99. The van der Waals surface area contributed by atoms with Gasteiger partial charge >= 0.3 is 0 Å². The fourth-order valence-electron chi connectivity index (χ4n) is 1.61. The molecule has 0 amide bonds. The summed E-state index contributed by atoms with van der Waals surface area (Å²) in [5, 5.41) is 3.29. The molecule has 0 unspecified atom stereocenters. The molecule has 5 heteroatoms. The molecule has 16 heavy (non-hydrogen) atoms. The van der Waals surface area contributed by atoms with Crippen LogP contribution in [0.4, 0.5) is 0 Å². The van der Waals surface area contributed by atoms with Gasteiger partial charge in [0.15, 0.2) is 9.84 Å². The van der Waals surface area contributed by atoms with E-state index in [0.29, 0.717) is 12.6 Å². The summed E-state index contributed by atoms with van der Waals surface area (Å²) in [6.07, 6.45) is 1.96. The van der Waals surface area contributed by atoms with E-state index in [0.717, 1.165) is 26.1 Å². The van der Waals surface area contributed by atoms with Crippen LogP contribution in [0.5, 0.6) is 0 Å². The molecule has 0 radical (unpaired) electrons. The van der Waals surface area contributed by atoms with E-state index in [-0.39, 0.29) is 5.75 Å². The van der Waals surface area contributed by atoms with Gasteiger partial charge in [-0.05, 0) is 33.6 Å². The Morgan fingerprint density at radius 1 is 1.25 bits per heavy atom. The van der Waals surface area contributed by atoms with E-state index in [1.807, 2.05) is 0 Å². The highest BCUT2D eigenvalue weighted by atomic mass is 32.2. The molecule has 96 valence electrons. The highest BCUT2D eigenvalue weighted by Crippen LogP contribution is 2.15. The smallest absolute Gasteiger partial charge is 0.156 e. The maximum absolute atomic E-state index is 11.8. The van der Waals surface area contributed by atoms with Gasteiger partial charge in [0.2, 0.25) is 0 Å². The summed E-state index contributed by atoms with van der Waals surface area (Å²) >= 11 is 0. The molecule has 1 N–H and O–H groups in total. The molecule has 0 aliphatic carbocycles. The molecule has 0 spiro atoms. The molecule has 1 fully saturated rings. The number of sulfone groups is 1. The molecular weight excluding hydrogens is 226 g/mol. The summed E-state index contributed by atoms with van der Waals surface area (Å²) in [6, 6.07) is 0.420. The van der Waals surface area contributed by atoms with E-state index in [9.17, 15) is 8.42 Å². The summed E-state index contributed by atoms with van der Waals surface area (Å²) in [4.78, 5) is 0. The quantitative estimate of drug-likeness (QED) is 0.806. The fourth-order valence-corrected chi connectivity index (χ4v) is 2.60. The summed E-state index contributed by atoms with van der Waals surface area (Å²) in [5.74, 6) is 0.216. The second kappa shape index (κ2) is 5.47. The average molecular weight is 249 g/mol. The van der Waals surface area contributed by atoms with Crippen LogP contribution in [0.25, 0.3) is 0 Å². The maximum atomic E-state index is 11.8. The zero-order valence-corrected chi connectivity index (χ0v) is 11.3. The third kappa shape index (κ3) is 4.03. The molecule has 4 nitrogen and oxygen atoms in total. The monoisotopic (exact) mass is 249 g/mol. The Labute approximate surface area is 98.7 Å². The minimum Gasteiger partial charge on any atom is -0.381 e. The first kappa shape index (κ1) is 13.9. The normalized spacial score (nSPS) is 19.9. The van der Waals surface area contributed by atoms with Crippen molar-refractivity contribution in [2.24, 2.45) is 0 Å². The second-order valence-electron chi connectivity index (χ2n) is 5.27. The largest absolute Gasteiger partial charge is 0.381 e. The van der Waals surface area contributed by atoms with Crippen molar-refractivity contribution in [2.45, 2.75) is 44.4 Å². The fraction of sp³-hybridized carbons (Fsp3) is 1.00. The Morgan fingerprint density at radius 2 is 1.81 bits per heavy atom. The van der Waals surface area contributed by atoms with Gasteiger partial charge in [-0.15, -0.1) is 0 Å². The van der Waals surface area contributed by atoms with Crippen molar-refractivity contribution < 1.29 is 13.2 Å². The Hall–Kier alpha value is -0.130. The molecule has 1 saturated heterocycles. The Balaban J connectivity index is 2.29. The van der Waals surface area contributed by atoms with Crippen LogP contribution in [-0.2, 0) is 14.6 Å². The maximum Gasteiger partial charge on any atom is 0.156 e. The zero-order chi connectivity index (χ0) is 12.2. The van der Waals surface area contributed by atoms with Gasteiger partial charge in [-0.3, -0.25) is 0 Å². The first-order valence-corrected chi connectivity index (χ1v) is 7.51. The van der Waals surface area contributed by atoms with Crippen LogP contribution in [0.2, 0.25) is 0 Å². The first-order valence-electron chi connectivity index (χ1n) is 5.86. The molecule has 0 saturated carbocycles. The Morgan fingerprint density at radius 3 is 2.31 bits per heavy atom. The second-order valence-corrected chi connectivity index (χ2v) is 8.13. The van der Waals surface area contributed by atoms with Gasteiger partial charge in [0, 0.05) is 25.8 Å². The van der Waals surface area contributed by atoms with Crippen molar-refractivity contribution in [1.82, 2.24) is 5.32 Å². The van der Waals surface area contributed by atoms with Crippen LogP contribution in [0.3, 0.4) is 0 Å². The average Bonchev–Trinajstić information content (AvgIpc) is 2.17. The molecule has 1 heterocycles. The lowest BCUT2D eigenvalue weighted by atomic mass is 10.1. The highest BCUT2D eigenvalue weighted by molar-refractivity contribution is 7.92. The van der Waals surface area contributed by atoms with Gasteiger partial charge < -0.3 is 10.1 Å². The van der Waals surface area contributed by atoms with Crippen molar-refractivity contribution in [3.8, 4) is 0 Å². The van der Waals surface area contributed by atoms with E-state index in [1.54, 1.807) is 20.8 Å². The summed E-state index contributed by atoms with van der Waals surface area (Å²) in [5.41, 5.74) is 0. The predicted molar refractivity (Wildman–Crippen MR) is 65.4 cm³/mol. The van der Waals surface area contributed by atoms with Crippen LogP contribution >= 0.6 is 0 Å². The van der Waals surface area contributed by atoms with E-state index in [2.05, 4.69) is 5.32 Å². The molecule has 0 bridgehead atoms. The molecule has 1 aliphatic rings. The number of ether oxygens (including phenoxy) is 1. The van der Waals surface area contributed by atoms with Gasteiger partial charge in [0.25, 0.3) is 0 Å². The molecule has 0 aromatic heterocycles. The van der Waals surface area contributed by atoms with Crippen LogP contribution < -0.4 is 5.32 Å². The summed E-state index contributed by atoms with van der Waals surface area (Å²) in [7, 11) is -2.99. The van der Waals surface area contributed by atoms with Gasteiger partial charge in [-0.25, -0.2) is 8.42 Å². The minimum absolute atomic E-state index is 0.216. The summed E-state index contributed by atoms with van der Waals surface area (Å²) in [6.45, 7) is 7.35. The van der Waals surface area contributed by atoms with Gasteiger partial charge in [-0.1, -0.05) is 0 Å². The third-order valence-corrected chi connectivity index (χ3v) is 5.57. The SMILES string of the molecule is CC(C)(C)S(=O)(=O)CCNC1CCOCC1. The van der Waals surface area contributed by atoms with E-state index < -0.39 is 14.6 Å².